The fraction of sp³-hybridized carbons (Fsp3) is 0.222. The lowest BCUT2D eigenvalue weighted by Gasteiger charge is -2.36. The molecule has 5 nitrogen and oxygen atoms in total. The zero-order chi connectivity index (χ0) is 15.6. The van der Waals surface area contributed by atoms with Gasteiger partial charge in [-0.1, -0.05) is 30.3 Å². The monoisotopic (exact) mass is 306 g/mol. The highest BCUT2D eigenvalue weighted by molar-refractivity contribution is 5.92. The molecule has 116 valence electrons. The summed E-state index contributed by atoms with van der Waals surface area (Å²) in [7, 11) is 0. The summed E-state index contributed by atoms with van der Waals surface area (Å²) in [6, 6.07) is 16.3. The highest BCUT2D eigenvalue weighted by Gasteiger charge is 2.31. The van der Waals surface area contributed by atoms with E-state index in [1.165, 1.54) is 5.56 Å². The van der Waals surface area contributed by atoms with Crippen molar-refractivity contribution in [1.82, 2.24) is 15.5 Å². The third kappa shape index (κ3) is 2.90. The lowest BCUT2D eigenvalue weighted by atomic mass is 9.76. The van der Waals surface area contributed by atoms with Crippen molar-refractivity contribution in [3.8, 4) is 0 Å². The lowest BCUT2D eigenvalue weighted by molar-refractivity contribution is 0.233. The molecule has 0 saturated heterocycles. The molecule has 3 aromatic rings. The van der Waals surface area contributed by atoms with Gasteiger partial charge in [-0.25, -0.2) is 4.79 Å². The molecule has 0 radical (unpaired) electrons. The van der Waals surface area contributed by atoms with E-state index in [0.717, 1.165) is 29.4 Å². The third-order valence-electron chi connectivity index (χ3n) is 4.44. The van der Waals surface area contributed by atoms with Gasteiger partial charge in [-0.2, -0.15) is 5.10 Å². The minimum atomic E-state index is -0.149. The van der Waals surface area contributed by atoms with E-state index in [9.17, 15) is 4.79 Å². The second-order valence-electron chi connectivity index (χ2n) is 6.05. The number of aromatic amines is 1. The van der Waals surface area contributed by atoms with E-state index in [1.54, 1.807) is 6.20 Å². The summed E-state index contributed by atoms with van der Waals surface area (Å²) >= 11 is 0. The summed E-state index contributed by atoms with van der Waals surface area (Å²) in [4.78, 5) is 12.1. The molecule has 4 rings (SSSR count). The van der Waals surface area contributed by atoms with Gasteiger partial charge in [-0.3, -0.25) is 5.10 Å². The Morgan fingerprint density at radius 2 is 1.96 bits per heavy atom. The Kier molecular flexibility index (Phi) is 3.46. The number of rotatable bonds is 3. The maximum atomic E-state index is 12.1. The van der Waals surface area contributed by atoms with E-state index in [-0.39, 0.29) is 12.1 Å². The van der Waals surface area contributed by atoms with Crippen molar-refractivity contribution in [3.05, 3.63) is 60.3 Å². The number of fused-ring (bicyclic) bond motifs is 1. The summed E-state index contributed by atoms with van der Waals surface area (Å²) in [6.07, 6.45) is 3.74. The molecule has 2 amide bonds. The predicted octanol–water partition coefficient (Wildman–Crippen LogP) is 3.63. The average molecular weight is 306 g/mol. The number of H-pyrrole nitrogens is 1. The van der Waals surface area contributed by atoms with Crippen LogP contribution in [-0.4, -0.2) is 22.3 Å². The van der Waals surface area contributed by atoms with E-state index in [2.05, 4.69) is 45.1 Å². The topological polar surface area (TPSA) is 69.8 Å². The maximum Gasteiger partial charge on any atom is 0.319 e. The standard InChI is InChI=1S/C18H18N4O/c23-18(20-15-6-7-17-14(10-15)11-19-22-17)21-16-8-13(9-16)12-4-2-1-3-5-12/h1-7,10-11,13,16H,8-9H2,(H,19,22)(H2,20,21,23). The zero-order valence-corrected chi connectivity index (χ0v) is 12.6. The predicted molar refractivity (Wildman–Crippen MR) is 90.5 cm³/mol. The van der Waals surface area contributed by atoms with Crippen molar-refractivity contribution in [2.45, 2.75) is 24.8 Å². The number of carbonyl (C=O) groups is 1. The molecule has 1 aliphatic rings. The first-order valence-electron chi connectivity index (χ1n) is 7.83. The first-order valence-corrected chi connectivity index (χ1v) is 7.83. The highest BCUT2D eigenvalue weighted by Crippen LogP contribution is 2.36. The number of urea groups is 1. The quantitative estimate of drug-likeness (QED) is 0.691. The second kappa shape index (κ2) is 5.76. The van der Waals surface area contributed by atoms with Crippen LogP contribution in [0.3, 0.4) is 0 Å². The lowest BCUT2D eigenvalue weighted by Crippen LogP contribution is -2.45. The third-order valence-corrected chi connectivity index (χ3v) is 4.44. The van der Waals surface area contributed by atoms with Gasteiger partial charge in [0.15, 0.2) is 0 Å². The molecule has 0 spiro atoms. The minimum absolute atomic E-state index is 0.149. The van der Waals surface area contributed by atoms with Crippen molar-refractivity contribution in [2.24, 2.45) is 0 Å². The SMILES string of the molecule is O=C(Nc1ccc2[nH]ncc2c1)NC1CC(c2ccccc2)C1. The van der Waals surface area contributed by atoms with Gasteiger partial charge < -0.3 is 10.6 Å². The normalized spacial score (nSPS) is 20.0. The number of hydrogen-bond donors (Lipinski definition) is 3. The maximum absolute atomic E-state index is 12.1. The molecule has 23 heavy (non-hydrogen) atoms. The first kappa shape index (κ1) is 13.8. The molecule has 1 heterocycles. The van der Waals surface area contributed by atoms with E-state index in [0.29, 0.717) is 5.92 Å². The zero-order valence-electron chi connectivity index (χ0n) is 12.6. The van der Waals surface area contributed by atoms with Crippen LogP contribution in [0.25, 0.3) is 10.9 Å². The van der Waals surface area contributed by atoms with Crippen molar-refractivity contribution < 1.29 is 4.79 Å². The van der Waals surface area contributed by atoms with Crippen molar-refractivity contribution in [3.63, 3.8) is 0 Å². The molecule has 0 atom stereocenters. The summed E-state index contributed by atoms with van der Waals surface area (Å²) < 4.78 is 0. The Balaban J connectivity index is 1.31. The number of anilines is 1. The first-order chi connectivity index (χ1) is 11.3. The number of hydrogen-bond acceptors (Lipinski definition) is 2. The largest absolute Gasteiger partial charge is 0.335 e. The molecular formula is C18H18N4O. The van der Waals surface area contributed by atoms with Gasteiger partial charge in [0, 0.05) is 17.1 Å². The number of nitrogens with zero attached hydrogens (tertiary/aromatic N) is 1. The fourth-order valence-electron chi connectivity index (χ4n) is 3.11. The van der Waals surface area contributed by atoms with Crippen LogP contribution in [-0.2, 0) is 0 Å². The van der Waals surface area contributed by atoms with Gasteiger partial charge in [0.1, 0.15) is 0 Å². The van der Waals surface area contributed by atoms with Gasteiger partial charge in [-0.05, 0) is 42.5 Å². The van der Waals surface area contributed by atoms with Crippen LogP contribution in [0, 0.1) is 0 Å². The Morgan fingerprint density at radius 1 is 1.13 bits per heavy atom. The Labute approximate surface area is 134 Å². The number of amides is 2. The number of carbonyl (C=O) groups excluding carboxylic acids is 1. The smallest absolute Gasteiger partial charge is 0.319 e. The molecule has 1 fully saturated rings. The molecule has 1 aromatic heterocycles. The number of nitrogens with one attached hydrogen (secondary N) is 3. The van der Waals surface area contributed by atoms with Crippen LogP contribution in [0.5, 0.6) is 0 Å². The van der Waals surface area contributed by atoms with Crippen LogP contribution in [0.15, 0.2) is 54.7 Å². The van der Waals surface area contributed by atoms with E-state index in [4.69, 9.17) is 0 Å². The molecule has 1 saturated carbocycles. The van der Waals surface area contributed by atoms with E-state index >= 15 is 0 Å². The van der Waals surface area contributed by atoms with Gasteiger partial charge in [0.25, 0.3) is 0 Å². The van der Waals surface area contributed by atoms with Gasteiger partial charge in [-0.15, -0.1) is 0 Å². The van der Waals surface area contributed by atoms with Crippen molar-refractivity contribution >= 4 is 22.6 Å². The molecule has 0 unspecified atom stereocenters. The fourth-order valence-corrected chi connectivity index (χ4v) is 3.11. The van der Waals surface area contributed by atoms with Gasteiger partial charge >= 0.3 is 6.03 Å². The Hall–Kier alpha value is -2.82. The molecule has 5 heteroatoms. The molecule has 3 N–H and O–H groups in total. The van der Waals surface area contributed by atoms with Crippen molar-refractivity contribution in [1.29, 1.82) is 0 Å². The van der Waals surface area contributed by atoms with Crippen molar-refractivity contribution in [2.75, 3.05) is 5.32 Å². The number of benzene rings is 2. The highest BCUT2D eigenvalue weighted by atomic mass is 16.2. The molecule has 2 aromatic carbocycles. The Morgan fingerprint density at radius 3 is 2.78 bits per heavy atom. The summed E-state index contributed by atoms with van der Waals surface area (Å²) in [6.45, 7) is 0. The number of aromatic nitrogens is 2. The van der Waals surface area contributed by atoms with Gasteiger partial charge in [0.05, 0.1) is 11.7 Å². The second-order valence-corrected chi connectivity index (χ2v) is 6.05. The van der Waals surface area contributed by atoms with Crippen LogP contribution >= 0.6 is 0 Å². The van der Waals surface area contributed by atoms with Crippen LogP contribution < -0.4 is 10.6 Å². The minimum Gasteiger partial charge on any atom is -0.335 e. The Bertz CT molecular complexity index is 821. The van der Waals surface area contributed by atoms with Crippen LogP contribution in [0.2, 0.25) is 0 Å². The molecule has 0 bridgehead atoms. The van der Waals surface area contributed by atoms with Crippen LogP contribution in [0.1, 0.15) is 24.3 Å². The van der Waals surface area contributed by atoms with E-state index < -0.39 is 0 Å². The summed E-state index contributed by atoms with van der Waals surface area (Å²) in [5.74, 6) is 0.559. The summed E-state index contributed by atoms with van der Waals surface area (Å²) in [5.41, 5.74) is 3.09. The van der Waals surface area contributed by atoms with E-state index in [1.807, 2.05) is 24.3 Å². The van der Waals surface area contributed by atoms with Crippen LogP contribution in [0.4, 0.5) is 10.5 Å². The molecular weight excluding hydrogens is 288 g/mol. The summed E-state index contributed by atoms with van der Waals surface area (Å²) in [5, 5.41) is 13.8. The average Bonchev–Trinajstić information content (AvgIpc) is 2.99. The molecule has 1 aliphatic carbocycles. The molecule has 0 aliphatic heterocycles. The van der Waals surface area contributed by atoms with Gasteiger partial charge in [0.2, 0.25) is 0 Å².